The molecule has 1 atom stereocenters. The van der Waals surface area contributed by atoms with Crippen LogP contribution in [0.5, 0.6) is 17.2 Å². The van der Waals surface area contributed by atoms with E-state index in [2.05, 4.69) is 34.8 Å². The molecule has 1 aromatic rings. The van der Waals surface area contributed by atoms with Crippen molar-refractivity contribution >= 4 is 36.0 Å². The number of nitrogens with one attached hydrogen (secondary N) is 3. The van der Waals surface area contributed by atoms with Crippen molar-refractivity contribution < 1.29 is 23.7 Å². The van der Waals surface area contributed by atoms with Gasteiger partial charge in [0.25, 0.3) is 0 Å². The van der Waals surface area contributed by atoms with Crippen LogP contribution in [0.1, 0.15) is 32.8 Å². The number of carbonyl (C=O) groups is 1. The molecule has 0 aliphatic rings. The number of ether oxygens (including phenoxy) is 4. The lowest BCUT2D eigenvalue weighted by molar-refractivity contribution is 0.146. The number of methoxy groups -OCH3 is 3. The molecule has 0 aromatic heterocycles. The summed E-state index contributed by atoms with van der Waals surface area (Å²) in [5.74, 6) is 2.77. The summed E-state index contributed by atoms with van der Waals surface area (Å²) in [4.78, 5) is 16.0. The van der Waals surface area contributed by atoms with Crippen molar-refractivity contribution in [2.24, 2.45) is 10.9 Å². The van der Waals surface area contributed by atoms with Gasteiger partial charge in [-0.15, -0.1) is 24.0 Å². The average Bonchev–Trinajstić information content (AvgIpc) is 2.72. The molecule has 178 valence electrons. The molecule has 31 heavy (non-hydrogen) atoms. The number of benzene rings is 1. The van der Waals surface area contributed by atoms with Gasteiger partial charge >= 0.3 is 6.09 Å². The predicted molar refractivity (Wildman–Crippen MR) is 133 cm³/mol. The van der Waals surface area contributed by atoms with Crippen LogP contribution in [0.4, 0.5) is 4.79 Å². The summed E-state index contributed by atoms with van der Waals surface area (Å²) < 4.78 is 21.1. The number of halogens is 1. The molecule has 1 rings (SSSR count). The van der Waals surface area contributed by atoms with Crippen molar-refractivity contribution in [3.8, 4) is 17.2 Å². The van der Waals surface area contributed by atoms with Gasteiger partial charge in [-0.1, -0.05) is 13.8 Å². The minimum absolute atomic E-state index is 0. The molecule has 1 amide bonds. The van der Waals surface area contributed by atoms with E-state index in [4.69, 9.17) is 18.9 Å². The summed E-state index contributed by atoms with van der Waals surface area (Å²) in [5.41, 5.74) is 0.941. The van der Waals surface area contributed by atoms with Crippen LogP contribution in [0.3, 0.4) is 0 Å². The lowest BCUT2D eigenvalue weighted by atomic mass is 10.0. The molecule has 3 N–H and O–H groups in total. The van der Waals surface area contributed by atoms with Crippen molar-refractivity contribution in [2.45, 2.75) is 39.8 Å². The Balaban J connectivity index is 0.00000900. The summed E-state index contributed by atoms with van der Waals surface area (Å²) >= 11 is 0. The van der Waals surface area contributed by atoms with Crippen LogP contribution in [-0.4, -0.2) is 59.6 Å². The van der Waals surface area contributed by atoms with Crippen LogP contribution < -0.4 is 30.2 Å². The highest BCUT2D eigenvalue weighted by Gasteiger charge is 2.16. The lowest BCUT2D eigenvalue weighted by Crippen LogP contribution is -2.47. The molecule has 1 aromatic carbocycles. The average molecular weight is 552 g/mol. The number of aliphatic imine (C=N–C) groups is 1. The van der Waals surface area contributed by atoms with Gasteiger partial charge in [0.15, 0.2) is 17.5 Å². The predicted octanol–water partition coefficient (Wildman–Crippen LogP) is 3.16. The molecule has 0 aliphatic carbocycles. The topological polar surface area (TPSA) is 102 Å². The number of alkyl carbamates (subject to hydrolysis) is 1. The van der Waals surface area contributed by atoms with Gasteiger partial charge < -0.3 is 34.9 Å². The fourth-order valence-electron chi connectivity index (χ4n) is 2.97. The molecule has 1 unspecified atom stereocenters. The lowest BCUT2D eigenvalue weighted by Gasteiger charge is -2.22. The van der Waals surface area contributed by atoms with Gasteiger partial charge in [-0.25, -0.2) is 4.79 Å². The highest BCUT2D eigenvalue weighted by atomic mass is 127. The second kappa shape index (κ2) is 15.7. The largest absolute Gasteiger partial charge is 0.493 e. The Hall–Kier alpha value is -2.11. The summed E-state index contributed by atoms with van der Waals surface area (Å²) in [6, 6.07) is 3.68. The van der Waals surface area contributed by atoms with Crippen LogP contribution in [0.2, 0.25) is 0 Å². The molecule has 0 bridgehead atoms. The highest BCUT2D eigenvalue weighted by Crippen LogP contribution is 2.38. The van der Waals surface area contributed by atoms with Crippen molar-refractivity contribution in [1.82, 2.24) is 16.0 Å². The molecule has 0 saturated heterocycles. The Morgan fingerprint density at radius 2 is 1.68 bits per heavy atom. The molecule has 0 spiro atoms. The van der Waals surface area contributed by atoms with Crippen LogP contribution >= 0.6 is 24.0 Å². The quantitative estimate of drug-likeness (QED) is 0.220. The fourth-order valence-corrected chi connectivity index (χ4v) is 2.97. The standard InChI is InChI=1S/C21H36N4O5.HI/c1-8-30-21(26)25-16(9-14(2)3)13-24-20(22-4)23-12-15-10-17(27-5)19(29-7)18(11-15)28-6;/h10-11,14,16H,8-9,12-13H2,1-7H3,(H,25,26)(H2,22,23,24);1H. The van der Waals surface area contributed by atoms with Gasteiger partial charge in [-0.3, -0.25) is 4.99 Å². The number of carbonyl (C=O) groups excluding carboxylic acids is 1. The first kappa shape index (κ1) is 28.9. The Morgan fingerprint density at radius 1 is 1.06 bits per heavy atom. The van der Waals surface area contributed by atoms with Crippen LogP contribution in [0, 0.1) is 5.92 Å². The number of amides is 1. The van der Waals surface area contributed by atoms with Crippen molar-refractivity contribution in [1.29, 1.82) is 0 Å². The Labute approximate surface area is 202 Å². The third-order valence-corrected chi connectivity index (χ3v) is 4.28. The minimum Gasteiger partial charge on any atom is -0.493 e. The maximum Gasteiger partial charge on any atom is 0.407 e. The first-order valence-electron chi connectivity index (χ1n) is 10.0. The van der Waals surface area contributed by atoms with Crippen LogP contribution in [0.25, 0.3) is 0 Å². The van der Waals surface area contributed by atoms with E-state index < -0.39 is 6.09 Å². The molecule has 0 aliphatic heterocycles. The third kappa shape index (κ3) is 10.2. The normalized spacial score (nSPS) is 11.8. The van der Waals surface area contributed by atoms with Gasteiger partial charge in [0.1, 0.15) is 0 Å². The zero-order valence-corrected chi connectivity index (χ0v) is 21.9. The number of guanidine groups is 1. The maximum atomic E-state index is 11.8. The van der Waals surface area contributed by atoms with Gasteiger partial charge in [0.2, 0.25) is 5.75 Å². The van der Waals surface area contributed by atoms with E-state index in [0.29, 0.717) is 48.8 Å². The van der Waals surface area contributed by atoms with Crippen molar-refractivity contribution in [2.75, 3.05) is 41.5 Å². The number of nitrogens with zero attached hydrogens (tertiary/aromatic N) is 1. The first-order chi connectivity index (χ1) is 14.4. The Bertz CT molecular complexity index is 675. The number of hydrogen-bond acceptors (Lipinski definition) is 6. The molecule has 10 heteroatoms. The van der Waals surface area contributed by atoms with E-state index in [1.54, 1.807) is 35.3 Å². The maximum absolute atomic E-state index is 11.8. The van der Waals surface area contributed by atoms with E-state index in [-0.39, 0.29) is 30.0 Å². The summed E-state index contributed by atoms with van der Waals surface area (Å²) in [7, 11) is 6.43. The molecule has 0 heterocycles. The van der Waals surface area contributed by atoms with E-state index >= 15 is 0 Å². The second-order valence-electron chi connectivity index (χ2n) is 7.03. The van der Waals surface area contributed by atoms with E-state index in [0.717, 1.165) is 12.0 Å². The third-order valence-electron chi connectivity index (χ3n) is 4.28. The van der Waals surface area contributed by atoms with E-state index in [9.17, 15) is 4.79 Å². The fraction of sp³-hybridized carbons (Fsp3) is 0.619. The smallest absolute Gasteiger partial charge is 0.407 e. The van der Waals surface area contributed by atoms with E-state index in [1.165, 1.54) is 0 Å². The molecule has 0 fully saturated rings. The number of rotatable bonds is 11. The Kier molecular flexibility index (Phi) is 14.6. The zero-order chi connectivity index (χ0) is 22.5. The van der Waals surface area contributed by atoms with Gasteiger partial charge in [-0.05, 0) is 37.0 Å². The highest BCUT2D eigenvalue weighted by molar-refractivity contribution is 14.0. The SMILES string of the molecule is CCOC(=O)NC(CNC(=NC)NCc1cc(OC)c(OC)c(OC)c1)CC(C)C.I. The van der Waals surface area contributed by atoms with Gasteiger partial charge in [0, 0.05) is 26.2 Å². The Morgan fingerprint density at radius 3 is 2.13 bits per heavy atom. The molecule has 0 saturated carbocycles. The van der Waals surface area contributed by atoms with Gasteiger partial charge in [-0.2, -0.15) is 0 Å². The molecular weight excluding hydrogens is 515 g/mol. The molecule has 0 radical (unpaired) electrons. The summed E-state index contributed by atoms with van der Waals surface area (Å²) in [6.07, 6.45) is 0.403. The van der Waals surface area contributed by atoms with Gasteiger partial charge in [0.05, 0.1) is 27.9 Å². The van der Waals surface area contributed by atoms with E-state index in [1.807, 2.05) is 12.1 Å². The minimum atomic E-state index is -0.412. The number of hydrogen-bond donors (Lipinski definition) is 3. The van der Waals surface area contributed by atoms with Crippen molar-refractivity contribution in [3.63, 3.8) is 0 Å². The summed E-state index contributed by atoms with van der Waals surface area (Å²) in [5, 5.41) is 9.40. The molecule has 9 nitrogen and oxygen atoms in total. The second-order valence-corrected chi connectivity index (χ2v) is 7.03. The molecular formula is C21H37IN4O5. The van der Waals surface area contributed by atoms with Crippen LogP contribution in [0.15, 0.2) is 17.1 Å². The zero-order valence-electron chi connectivity index (χ0n) is 19.5. The summed E-state index contributed by atoms with van der Waals surface area (Å²) in [6.45, 7) is 7.35. The monoisotopic (exact) mass is 552 g/mol. The first-order valence-corrected chi connectivity index (χ1v) is 10.0. The van der Waals surface area contributed by atoms with Crippen molar-refractivity contribution in [3.05, 3.63) is 17.7 Å². The van der Waals surface area contributed by atoms with Crippen LogP contribution in [-0.2, 0) is 11.3 Å².